The molecule has 0 aromatic carbocycles. The number of carbonyl (C=O) groups is 1. The number of hydrogen-bond acceptors (Lipinski definition) is 3. The molecule has 1 saturated carbocycles. The molecule has 2 heterocycles. The lowest BCUT2D eigenvalue weighted by atomic mass is 9.98. The van der Waals surface area contributed by atoms with Gasteiger partial charge in [-0.05, 0) is 32.6 Å². The van der Waals surface area contributed by atoms with Crippen LogP contribution in [0.5, 0.6) is 0 Å². The third-order valence-corrected chi connectivity index (χ3v) is 4.71. The fraction of sp³-hybridized carbons (Fsp3) is 0.750. The number of nitrogens with zero attached hydrogens (tertiary/aromatic N) is 2. The predicted molar refractivity (Wildman–Crippen MR) is 76.1 cm³/mol. The van der Waals surface area contributed by atoms with Gasteiger partial charge < -0.3 is 9.42 Å². The van der Waals surface area contributed by atoms with Crippen LogP contribution >= 0.6 is 0 Å². The van der Waals surface area contributed by atoms with Crippen molar-refractivity contribution < 1.29 is 9.32 Å². The lowest BCUT2D eigenvalue weighted by molar-refractivity contribution is -0.137. The molecule has 0 bridgehead atoms. The van der Waals surface area contributed by atoms with E-state index in [1.807, 2.05) is 13.0 Å². The molecular formula is C16H24N2O2. The Hall–Kier alpha value is -1.32. The lowest BCUT2D eigenvalue weighted by Gasteiger charge is -2.27. The molecule has 1 aromatic rings. The quantitative estimate of drug-likeness (QED) is 0.775. The van der Waals surface area contributed by atoms with Crippen LogP contribution in [-0.2, 0) is 4.79 Å². The molecule has 2 fully saturated rings. The highest BCUT2D eigenvalue weighted by molar-refractivity contribution is 5.79. The third kappa shape index (κ3) is 2.74. The van der Waals surface area contributed by atoms with E-state index in [-0.39, 0.29) is 12.0 Å². The largest absolute Gasteiger partial charge is 0.359 e. The van der Waals surface area contributed by atoms with Crippen molar-refractivity contribution in [2.45, 2.75) is 64.3 Å². The maximum Gasteiger partial charge on any atom is 0.226 e. The minimum absolute atomic E-state index is 0.118. The second-order valence-electron chi connectivity index (χ2n) is 6.25. The zero-order valence-corrected chi connectivity index (χ0v) is 12.3. The number of aromatic nitrogens is 1. The molecule has 1 atom stereocenters. The van der Waals surface area contributed by atoms with Crippen molar-refractivity contribution in [3.05, 3.63) is 17.5 Å². The topological polar surface area (TPSA) is 46.3 Å². The van der Waals surface area contributed by atoms with Gasteiger partial charge in [-0.1, -0.05) is 30.8 Å². The molecule has 4 heteroatoms. The fourth-order valence-electron chi connectivity index (χ4n) is 3.63. The zero-order valence-electron chi connectivity index (χ0n) is 12.3. The van der Waals surface area contributed by atoms with Crippen LogP contribution in [0.15, 0.2) is 10.6 Å². The van der Waals surface area contributed by atoms with E-state index in [1.165, 1.54) is 25.7 Å². The maximum atomic E-state index is 12.8. The minimum Gasteiger partial charge on any atom is -0.359 e. The van der Waals surface area contributed by atoms with Crippen molar-refractivity contribution in [1.82, 2.24) is 10.1 Å². The fourth-order valence-corrected chi connectivity index (χ4v) is 3.63. The van der Waals surface area contributed by atoms with Gasteiger partial charge in [0.2, 0.25) is 5.91 Å². The van der Waals surface area contributed by atoms with Crippen molar-refractivity contribution in [3.8, 4) is 0 Å². The average Bonchev–Trinajstić information content (AvgIpc) is 2.99. The van der Waals surface area contributed by atoms with E-state index < -0.39 is 0 Å². The van der Waals surface area contributed by atoms with Crippen molar-refractivity contribution in [2.24, 2.45) is 5.92 Å². The average molecular weight is 276 g/mol. The third-order valence-electron chi connectivity index (χ3n) is 4.71. The molecule has 1 saturated heterocycles. The van der Waals surface area contributed by atoms with E-state index in [0.717, 1.165) is 43.7 Å². The molecule has 1 aliphatic heterocycles. The van der Waals surface area contributed by atoms with E-state index in [2.05, 4.69) is 10.1 Å². The van der Waals surface area contributed by atoms with E-state index in [1.54, 1.807) is 0 Å². The smallest absolute Gasteiger partial charge is 0.226 e. The first-order valence-corrected chi connectivity index (χ1v) is 7.99. The molecule has 110 valence electrons. The summed E-state index contributed by atoms with van der Waals surface area (Å²) in [6.07, 6.45) is 9.20. The van der Waals surface area contributed by atoms with Crippen LogP contribution in [0, 0.1) is 12.8 Å². The summed E-state index contributed by atoms with van der Waals surface area (Å²) in [7, 11) is 0. The van der Waals surface area contributed by atoms with Gasteiger partial charge in [-0.15, -0.1) is 0 Å². The molecule has 1 aliphatic carbocycles. The van der Waals surface area contributed by atoms with Crippen LogP contribution in [0.2, 0.25) is 0 Å². The molecule has 2 aliphatic rings. The van der Waals surface area contributed by atoms with Crippen molar-refractivity contribution in [2.75, 3.05) is 6.54 Å². The first-order chi connectivity index (χ1) is 9.75. The van der Waals surface area contributed by atoms with Crippen LogP contribution in [0.25, 0.3) is 0 Å². The summed E-state index contributed by atoms with van der Waals surface area (Å²) in [4.78, 5) is 14.9. The molecule has 4 nitrogen and oxygen atoms in total. The number of hydrogen-bond donors (Lipinski definition) is 0. The van der Waals surface area contributed by atoms with Gasteiger partial charge in [0.25, 0.3) is 0 Å². The monoisotopic (exact) mass is 276 g/mol. The summed E-state index contributed by atoms with van der Waals surface area (Å²) in [6.45, 7) is 2.80. The van der Waals surface area contributed by atoms with Gasteiger partial charge in [-0.2, -0.15) is 0 Å². The molecule has 20 heavy (non-hydrogen) atoms. The van der Waals surface area contributed by atoms with Gasteiger partial charge in [-0.3, -0.25) is 4.79 Å². The second-order valence-corrected chi connectivity index (χ2v) is 6.25. The Labute approximate surface area is 120 Å². The van der Waals surface area contributed by atoms with Crippen molar-refractivity contribution in [1.29, 1.82) is 0 Å². The summed E-state index contributed by atoms with van der Waals surface area (Å²) in [6, 6.07) is 2.09. The van der Waals surface area contributed by atoms with E-state index in [0.29, 0.717) is 5.91 Å². The van der Waals surface area contributed by atoms with E-state index in [4.69, 9.17) is 4.52 Å². The maximum absolute atomic E-state index is 12.8. The summed E-state index contributed by atoms with van der Waals surface area (Å²) < 4.78 is 5.40. The predicted octanol–water partition coefficient (Wildman–Crippen LogP) is 3.62. The van der Waals surface area contributed by atoms with Gasteiger partial charge >= 0.3 is 0 Å². The molecule has 0 radical (unpaired) electrons. The molecule has 1 unspecified atom stereocenters. The highest BCUT2D eigenvalue weighted by atomic mass is 16.5. The Morgan fingerprint density at radius 2 is 1.95 bits per heavy atom. The van der Waals surface area contributed by atoms with Gasteiger partial charge in [0, 0.05) is 18.5 Å². The first kappa shape index (κ1) is 13.7. The molecular weight excluding hydrogens is 252 g/mol. The summed E-state index contributed by atoms with van der Waals surface area (Å²) in [5, 5.41) is 3.97. The number of likely N-dealkylation sites (tertiary alicyclic amines) is 1. The van der Waals surface area contributed by atoms with Gasteiger partial charge in [0.05, 0.1) is 11.7 Å². The Bertz CT molecular complexity index is 461. The summed E-state index contributed by atoms with van der Waals surface area (Å²) in [5.41, 5.74) is 0.897. The van der Waals surface area contributed by atoms with Crippen LogP contribution in [0.3, 0.4) is 0 Å². The molecule has 3 rings (SSSR count). The van der Waals surface area contributed by atoms with Crippen LogP contribution in [0.4, 0.5) is 0 Å². The second kappa shape index (κ2) is 5.98. The highest BCUT2D eigenvalue weighted by Gasteiger charge is 2.35. The zero-order chi connectivity index (χ0) is 13.9. The molecule has 1 aromatic heterocycles. The molecule has 0 spiro atoms. The Kier molecular flexibility index (Phi) is 4.08. The van der Waals surface area contributed by atoms with Crippen LogP contribution < -0.4 is 0 Å². The van der Waals surface area contributed by atoms with Crippen molar-refractivity contribution in [3.63, 3.8) is 0 Å². The van der Waals surface area contributed by atoms with E-state index in [9.17, 15) is 4.79 Å². The molecule has 0 N–H and O–H groups in total. The Morgan fingerprint density at radius 1 is 1.20 bits per heavy atom. The lowest BCUT2D eigenvalue weighted by Crippen LogP contribution is -2.35. The Balaban J connectivity index is 1.72. The van der Waals surface area contributed by atoms with Gasteiger partial charge in [0.15, 0.2) is 5.76 Å². The standard InChI is InChI=1S/C16H24N2O2/c1-12-11-15(20-17-12)14-9-6-10-18(14)16(19)13-7-4-2-3-5-8-13/h11,13-14H,2-10H2,1H3. The Morgan fingerprint density at radius 3 is 2.60 bits per heavy atom. The summed E-state index contributed by atoms with van der Waals surface area (Å²) in [5.74, 6) is 1.45. The van der Waals surface area contributed by atoms with Gasteiger partial charge in [-0.25, -0.2) is 0 Å². The van der Waals surface area contributed by atoms with E-state index >= 15 is 0 Å². The highest BCUT2D eigenvalue weighted by Crippen LogP contribution is 2.35. The van der Waals surface area contributed by atoms with Gasteiger partial charge in [0.1, 0.15) is 0 Å². The van der Waals surface area contributed by atoms with Crippen LogP contribution in [0.1, 0.15) is 68.9 Å². The number of aryl methyl sites for hydroxylation is 1. The SMILES string of the molecule is Cc1cc(C2CCCN2C(=O)C2CCCCCC2)on1. The van der Waals surface area contributed by atoms with Crippen molar-refractivity contribution >= 4 is 5.91 Å². The number of rotatable bonds is 2. The molecule has 1 amide bonds. The summed E-state index contributed by atoms with van der Waals surface area (Å²) >= 11 is 0. The minimum atomic E-state index is 0.118. The number of carbonyl (C=O) groups excluding carboxylic acids is 1. The normalized spacial score (nSPS) is 24.9. The van der Waals surface area contributed by atoms with Crippen LogP contribution in [-0.4, -0.2) is 22.5 Å². The first-order valence-electron chi connectivity index (χ1n) is 7.99. The number of amides is 1.